The lowest BCUT2D eigenvalue weighted by Crippen LogP contribution is -2.49. The van der Waals surface area contributed by atoms with E-state index in [1.165, 1.54) is 32.6 Å². The van der Waals surface area contributed by atoms with Gasteiger partial charge in [0.05, 0.1) is 0 Å². The molecule has 0 amide bonds. The molecule has 4 heteroatoms. The third-order valence-electron chi connectivity index (χ3n) is 8.96. The van der Waals surface area contributed by atoms with E-state index in [9.17, 15) is 0 Å². The fraction of sp³-hybridized carbons (Fsp3) is 0.0488. The number of nitrogens with zero attached hydrogens (tertiary/aromatic N) is 3. The van der Waals surface area contributed by atoms with Gasteiger partial charge >= 0.3 is 0 Å². The first kappa shape index (κ1) is 27.1. The highest BCUT2D eigenvalue weighted by molar-refractivity contribution is 7.03. The Morgan fingerprint density at radius 1 is 0.333 bits per heavy atom. The van der Waals surface area contributed by atoms with E-state index in [2.05, 4.69) is 140 Å². The van der Waals surface area contributed by atoms with Gasteiger partial charge in [0.15, 0.2) is 17.5 Å². The van der Waals surface area contributed by atoms with Crippen molar-refractivity contribution in [1.29, 1.82) is 0 Å². The molecule has 1 aliphatic heterocycles. The lowest BCUT2D eigenvalue weighted by molar-refractivity contribution is 1.07. The number of benzene rings is 6. The summed E-state index contributed by atoms with van der Waals surface area (Å²) in [4.78, 5) is 15.3. The Balaban J connectivity index is 1.27. The summed E-state index contributed by atoms with van der Waals surface area (Å²) < 4.78 is 0. The van der Waals surface area contributed by atoms with Crippen molar-refractivity contribution in [3.63, 3.8) is 0 Å². The van der Waals surface area contributed by atoms with Gasteiger partial charge in [-0.05, 0) is 43.8 Å². The Labute approximate surface area is 265 Å². The van der Waals surface area contributed by atoms with Crippen LogP contribution in [0.5, 0.6) is 0 Å². The second-order valence-electron chi connectivity index (χ2n) is 12.1. The molecule has 0 unspecified atom stereocenters. The van der Waals surface area contributed by atoms with E-state index >= 15 is 0 Å². The molecule has 0 saturated carbocycles. The lowest BCUT2D eigenvalue weighted by Gasteiger charge is -2.20. The molecule has 2 heterocycles. The highest BCUT2D eigenvalue weighted by atomic mass is 28.3. The Bertz CT molecular complexity index is 2180. The van der Waals surface area contributed by atoms with E-state index < -0.39 is 8.07 Å². The SMILES string of the molecule is C[Si]1(C)c2cc(-c3ccccc3)ccc2-c2ccc(-c3nc(-c4ccccc4)nc(-c4ccccc4-c4ccccc4)n3)cc21. The maximum atomic E-state index is 5.15. The number of rotatable bonds is 5. The first-order valence-electron chi connectivity index (χ1n) is 15.4. The maximum Gasteiger partial charge on any atom is 0.164 e. The van der Waals surface area contributed by atoms with Crippen LogP contribution in [0.4, 0.5) is 0 Å². The molecule has 0 spiro atoms. The van der Waals surface area contributed by atoms with Crippen LogP contribution in [-0.2, 0) is 0 Å². The van der Waals surface area contributed by atoms with Gasteiger partial charge in [-0.2, -0.15) is 0 Å². The molecule has 0 N–H and O–H groups in total. The average molecular weight is 594 g/mol. The largest absolute Gasteiger partial charge is 0.208 e. The van der Waals surface area contributed by atoms with Crippen molar-refractivity contribution in [1.82, 2.24) is 15.0 Å². The van der Waals surface area contributed by atoms with Gasteiger partial charge in [0.25, 0.3) is 0 Å². The molecule has 0 radical (unpaired) electrons. The predicted molar refractivity (Wildman–Crippen MR) is 189 cm³/mol. The molecule has 0 saturated heterocycles. The minimum Gasteiger partial charge on any atom is -0.208 e. The molecule has 0 bridgehead atoms. The van der Waals surface area contributed by atoms with Crippen molar-refractivity contribution in [2.75, 3.05) is 0 Å². The number of hydrogen-bond donors (Lipinski definition) is 0. The first-order valence-corrected chi connectivity index (χ1v) is 18.4. The van der Waals surface area contributed by atoms with Crippen molar-refractivity contribution in [2.24, 2.45) is 0 Å². The third kappa shape index (κ3) is 4.80. The summed E-state index contributed by atoms with van der Waals surface area (Å²) in [5.41, 5.74) is 10.4. The monoisotopic (exact) mass is 593 g/mol. The van der Waals surface area contributed by atoms with E-state index in [1.54, 1.807) is 0 Å². The zero-order valence-electron chi connectivity index (χ0n) is 25.3. The van der Waals surface area contributed by atoms with Gasteiger partial charge in [0.2, 0.25) is 0 Å². The summed E-state index contributed by atoms with van der Waals surface area (Å²) >= 11 is 0. The van der Waals surface area contributed by atoms with Crippen molar-refractivity contribution < 1.29 is 0 Å². The maximum absolute atomic E-state index is 5.15. The van der Waals surface area contributed by atoms with E-state index in [0.29, 0.717) is 17.5 Å². The summed E-state index contributed by atoms with van der Waals surface area (Å²) in [7, 11) is -1.99. The van der Waals surface area contributed by atoms with Crippen LogP contribution in [0.25, 0.3) is 67.5 Å². The van der Waals surface area contributed by atoms with Crippen molar-refractivity contribution >= 4 is 18.4 Å². The van der Waals surface area contributed by atoms with Gasteiger partial charge in [0, 0.05) is 16.7 Å². The van der Waals surface area contributed by atoms with E-state index in [4.69, 9.17) is 15.0 Å². The van der Waals surface area contributed by atoms with E-state index in [0.717, 1.165) is 27.8 Å². The zero-order chi connectivity index (χ0) is 30.4. The van der Waals surface area contributed by atoms with Crippen molar-refractivity contribution in [3.8, 4) is 67.5 Å². The van der Waals surface area contributed by atoms with E-state index in [-0.39, 0.29) is 0 Å². The van der Waals surface area contributed by atoms with E-state index in [1.807, 2.05) is 24.3 Å². The second kappa shape index (κ2) is 10.9. The summed E-state index contributed by atoms with van der Waals surface area (Å²) in [6.45, 7) is 4.92. The van der Waals surface area contributed by atoms with Crippen LogP contribution in [-0.4, -0.2) is 23.0 Å². The van der Waals surface area contributed by atoms with Gasteiger partial charge in [-0.25, -0.2) is 15.0 Å². The Hall–Kier alpha value is -5.45. The average Bonchev–Trinajstić information content (AvgIpc) is 3.34. The van der Waals surface area contributed by atoms with Crippen LogP contribution >= 0.6 is 0 Å². The third-order valence-corrected chi connectivity index (χ3v) is 12.5. The molecular weight excluding hydrogens is 563 g/mol. The molecule has 6 aromatic carbocycles. The molecule has 1 aliphatic rings. The molecule has 0 atom stereocenters. The zero-order valence-corrected chi connectivity index (χ0v) is 26.3. The second-order valence-corrected chi connectivity index (χ2v) is 16.4. The minimum atomic E-state index is -1.99. The fourth-order valence-corrected chi connectivity index (χ4v) is 9.68. The number of aromatic nitrogens is 3. The molecule has 0 fully saturated rings. The number of fused-ring (bicyclic) bond motifs is 3. The van der Waals surface area contributed by atoms with Crippen molar-refractivity contribution in [3.05, 3.63) is 152 Å². The highest BCUT2D eigenvalue weighted by Gasteiger charge is 2.38. The molecular formula is C41H31N3Si. The van der Waals surface area contributed by atoms with Crippen LogP contribution in [0.3, 0.4) is 0 Å². The van der Waals surface area contributed by atoms with Gasteiger partial charge in [0.1, 0.15) is 8.07 Å². The topological polar surface area (TPSA) is 38.7 Å². The fourth-order valence-electron chi connectivity index (χ4n) is 6.58. The summed E-state index contributed by atoms with van der Waals surface area (Å²) in [6.07, 6.45) is 0. The standard InChI is InChI=1S/C41H31N3Si/c1-45(2)37-26-31(28-14-6-3-7-15-28)22-24-34(37)35-25-23-32(27-38(35)45)40-42-39(30-18-10-5-11-19-30)43-41(44-40)36-21-13-12-20-33(36)29-16-8-4-9-17-29/h3-27H,1-2H3. The van der Waals surface area contributed by atoms with Gasteiger partial charge in [-0.15, -0.1) is 0 Å². The number of hydrogen-bond acceptors (Lipinski definition) is 3. The Kier molecular flexibility index (Phi) is 6.58. The molecule has 0 aliphatic carbocycles. The van der Waals surface area contributed by atoms with Crippen LogP contribution in [0.2, 0.25) is 13.1 Å². The lowest BCUT2D eigenvalue weighted by atomic mass is 9.99. The molecule has 7 aromatic rings. The molecule has 1 aromatic heterocycles. The smallest absolute Gasteiger partial charge is 0.164 e. The first-order chi connectivity index (χ1) is 22.1. The minimum absolute atomic E-state index is 0.672. The molecule has 214 valence electrons. The van der Waals surface area contributed by atoms with Crippen LogP contribution < -0.4 is 10.4 Å². The molecule has 45 heavy (non-hydrogen) atoms. The quantitative estimate of drug-likeness (QED) is 0.187. The summed E-state index contributed by atoms with van der Waals surface area (Å²) in [5.74, 6) is 2.03. The Morgan fingerprint density at radius 3 is 1.40 bits per heavy atom. The Morgan fingerprint density at radius 2 is 0.778 bits per heavy atom. The summed E-state index contributed by atoms with van der Waals surface area (Å²) in [5, 5.41) is 2.90. The van der Waals surface area contributed by atoms with Crippen molar-refractivity contribution in [2.45, 2.75) is 13.1 Å². The molecule has 8 rings (SSSR count). The van der Waals surface area contributed by atoms with Crippen LogP contribution in [0.15, 0.2) is 152 Å². The predicted octanol–water partition coefficient (Wildman–Crippen LogP) is 9.01. The summed E-state index contributed by atoms with van der Waals surface area (Å²) in [6, 6.07) is 53.5. The van der Waals surface area contributed by atoms with Gasteiger partial charge in [-0.3, -0.25) is 0 Å². The van der Waals surface area contributed by atoms with Crippen LogP contribution in [0.1, 0.15) is 0 Å². The van der Waals surface area contributed by atoms with Gasteiger partial charge in [-0.1, -0.05) is 165 Å². The molecule has 3 nitrogen and oxygen atoms in total. The van der Waals surface area contributed by atoms with Gasteiger partial charge < -0.3 is 0 Å². The van der Waals surface area contributed by atoms with Crippen LogP contribution in [0, 0.1) is 0 Å². The normalized spacial score (nSPS) is 12.8. The highest BCUT2D eigenvalue weighted by Crippen LogP contribution is 2.35.